The van der Waals surface area contributed by atoms with E-state index >= 15 is 0 Å². The van der Waals surface area contributed by atoms with Gasteiger partial charge in [-0.15, -0.1) is 0 Å². The summed E-state index contributed by atoms with van der Waals surface area (Å²) >= 11 is 0. The van der Waals surface area contributed by atoms with Gasteiger partial charge in [0.1, 0.15) is 0 Å². The first-order valence-electron chi connectivity index (χ1n) is 10.8. The highest BCUT2D eigenvalue weighted by Gasteiger charge is 2.34. The lowest BCUT2D eigenvalue weighted by Gasteiger charge is -2.27. The maximum atomic E-state index is 9.80. The van der Waals surface area contributed by atoms with Crippen molar-refractivity contribution in [1.29, 1.82) is 0 Å². The molecule has 3 heterocycles. The van der Waals surface area contributed by atoms with E-state index in [1.807, 2.05) is 30.3 Å². The summed E-state index contributed by atoms with van der Waals surface area (Å²) in [4.78, 5) is 12.0. The van der Waals surface area contributed by atoms with Gasteiger partial charge in [0.05, 0.1) is 11.4 Å². The first kappa shape index (κ1) is 19.8. The predicted molar refractivity (Wildman–Crippen MR) is 124 cm³/mol. The Bertz CT molecular complexity index is 1090. The standard InChI is InChI=1S/C23H26BN5O2/c1-15-13-17-18(24(30)31)9-5-11-20(17)29(15)23-27-19-10-6-12-25-21(19)22(28-23)26-14-16-7-3-2-4-8-16/h2-5,7-9,11,15,25,30-31H,6,10,12-14H2,1H3,(H,26,27,28). The molecular weight excluding hydrogens is 389 g/mol. The van der Waals surface area contributed by atoms with Crippen LogP contribution in [0.5, 0.6) is 0 Å². The molecule has 1 atom stereocenters. The number of benzene rings is 2. The molecule has 0 amide bonds. The van der Waals surface area contributed by atoms with Crippen molar-refractivity contribution in [3.8, 4) is 0 Å². The van der Waals surface area contributed by atoms with Crippen molar-refractivity contribution in [2.75, 3.05) is 22.1 Å². The van der Waals surface area contributed by atoms with Crippen molar-refractivity contribution in [2.45, 2.75) is 38.8 Å². The van der Waals surface area contributed by atoms with Crippen molar-refractivity contribution in [3.63, 3.8) is 0 Å². The summed E-state index contributed by atoms with van der Waals surface area (Å²) in [6.07, 6.45) is 2.66. The molecule has 0 fully saturated rings. The normalized spacial score (nSPS) is 17.0. The SMILES string of the molecule is CC1Cc2c(B(O)O)cccc2N1c1nc2c(c(NCc3ccccc3)n1)NCCC2. The van der Waals surface area contributed by atoms with E-state index in [1.165, 1.54) is 5.56 Å². The number of rotatable bonds is 5. The summed E-state index contributed by atoms with van der Waals surface area (Å²) in [5.41, 5.74) is 5.63. The van der Waals surface area contributed by atoms with Crippen molar-refractivity contribution in [3.05, 3.63) is 65.4 Å². The number of fused-ring (bicyclic) bond motifs is 2. The van der Waals surface area contributed by atoms with Gasteiger partial charge in [-0.25, -0.2) is 4.98 Å². The number of nitrogens with one attached hydrogen (secondary N) is 2. The summed E-state index contributed by atoms with van der Waals surface area (Å²) < 4.78 is 0. The Hall–Kier alpha value is -3.10. The number of aromatic nitrogens is 2. The third-order valence-electron chi connectivity index (χ3n) is 6.05. The molecule has 1 aromatic heterocycles. The van der Waals surface area contributed by atoms with E-state index in [9.17, 15) is 10.0 Å². The van der Waals surface area contributed by atoms with Crippen LogP contribution in [-0.2, 0) is 19.4 Å². The second-order valence-electron chi connectivity index (χ2n) is 8.21. The number of aryl methyl sites for hydroxylation is 1. The van der Waals surface area contributed by atoms with Gasteiger partial charge in [0.15, 0.2) is 5.82 Å². The van der Waals surface area contributed by atoms with Crippen molar-refractivity contribution in [2.24, 2.45) is 0 Å². The highest BCUT2D eigenvalue weighted by Crippen LogP contribution is 2.38. The molecule has 4 N–H and O–H groups in total. The van der Waals surface area contributed by atoms with Gasteiger partial charge in [-0.3, -0.25) is 0 Å². The molecule has 0 saturated heterocycles. The molecule has 1 unspecified atom stereocenters. The molecule has 0 aliphatic carbocycles. The molecule has 2 aliphatic rings. The summed E-state index contributed by atoms with van der Waals surface area (Å²) in [6, 6.07) is 16.0. The molecule has 7 nitrogen and oxygen atoms in total. The van der Waals surface area contributed by atoms with Crippen LogP contribution in [0.3, 0.4) is 0 Å². The molecule has 0 radical (unpaired) electrons. The van der Waals surface area contributed by atoms with E-state index in [4.69, 9.17) is 9.97 Å². The van der Waals surface area contributed by atoms with Crippen LogP contribution in [0.4, 0.5) is 23.1 Å². The molecule has 0 saturated carbocycles. The number of nitrogens with zero attached hydrogens (tertiary/aromatic N) is 3. The zero-order valence-electron chi connectivity index (χ0n) is 17.5. The van der Waals surface area contributed by atoms with Gasteiger partial charge >= 0.3 is 7.12 Å². The third kappa shape index (κ3) is 3.73. The minimum atomic E-state index is -1.49. The highest BCUT2D eigenvalue weighted by molar-refractivity contribution is 6.59. The Balaban J connectivity index is 1.54. The van der Waals surface area contributed by atoms with Gasteiger partial charge in [0, 0.05) is 24.8 Å². The van der Waals surface area contributed by atoms with E-state index in [0.717, 1.165) is 47.8 Å². The number of anilines is 4. The van der Waals surface area contributed by atoms with Crippen LogP contribution < -0.4 is 21.0 Å². The van der Waals surface area contributed by atoms with Gasteiger partial charge in [0.2, 0.25) is 5.95 Å². The minimum absolute atomic E-state index is 0.117. The van der Waals surface area contributed by atoms with Crippen LogP contribution in [0.15, 0.2) is 48.5 Å². The molecule has 158 valence electrons. The molecular formula is C23H26BN5O2. The molecule has 31 heavy (non-hydrogen) atoms. The summed E-state index contributed by atoms with van der Waals surface area (Å²) in [7, 11) is -1.49. The smallest absolute Gasteiger partial charge is 0.423 e. The first-order chi connectivity index (χ1) is 15.1. The van der Waals surface area contributed by atoms with Gasteiger partial charge in [-0.05, 0) is 48.8 Å². The Kier molecular flexibility index (Phi) is 5.25. The molecule has 0 spiro atoms. The van der Waals surface area contributed by atoms with E-state index < -0.39 is 7.12 Å². The van der Waals surface area contributed by atoms with E-state index in [-0.39, 0.29) is 6.04 Å². The summed E-state index contributed by atoms with van der Waals surface area (Å²) in [6.45, 7) is 3.71. The average Bonchev–Trinajstić information content (AvgIpc) is 3.13. The van der Waals surface area contributed by atoms with Crippen molar-refractivity contribution < 1.29 is 10.0 Å². The molecule has 8 heteroatoms. The van der Waals surface area contributed by atoms with Crippen LogP contribution in [-0.4, -0.2) is 39.7 Å². The van der Waals surface area contributed by atoms with Crippen LogP contribution >= 0.6 is 0 Å². The maximum Gasteiger partial charge on any atom is 0.488 e. The van der Waals surface area contributed by atoms with E-state index in [2.05, 4.69) is 34.6 Å². The summed E-state index contributed by atoms with van der Waals surface area (Å²) in [5.74, 6) is 1.45. The second-order valence-corrected chi connectivity index (χ2v) is 8.21. The van der Waals surface area contributed by atoms with Crippen LogP contribution in [0, 0.1) is 0 Å². The quantitative estimate of drug-likeness (QED) is 0.475. The second kappa shape index (κ2) is 8.21. The predicted octanol–water partition coefficient (Wildman–Crippen LogP) is 2.21. The zero-order chi connectivity index (χ0) is 21.4. The molecule has 3 aromatic rings. The van der Waals surface area contributed by atoms with Gasteiger partial charge < -0.3 is 25.6 Å². The van der Waals surface area contributed by atoms with Crippen molar-refractivity contribution >= 4 is 35.7 Å². The Morgan fingerprint density at radius 2 is 1.97 bits per heavy atom. The molecule has 5 rings (SSSR count). The third-order valence-corrected chi connectivity index (χ3v) is 6.05. The lowest BCUT2D eigenvalue weighted by atomic mass is 9.76. The Morgan fingerprint density at radius 1 is 1.13 bits per heavy atom. The topological polar surface area (TPSA) is 93.5 Å². The van der Waals surface area contributed by atoms with E-state index in [1.54, 1.807) is 6.07 Å². The monoisotopic (exact) mass is 415 g/mol. The fraction of sp³-hybridized carbons (Fsp3) is 0.304. The Morgan fingerprint density at radius 3 is 2.77 bits per heavy atom. The minimum Gasteiger partial charge on any atom is -0.423 e. The lowest BCUT2D eigenvalue weighted by Crippen LogP contribution is -2.32. The van der Waals surface area contributed by atoms with Gasteiger partial charge in [-0.2, -0.15) is 4.98 Å². The highest BCUT2D eigenvalue weighted by atomic mass is 16.4. The zero-order valence-corrected chi connectivity index (χ0v) is 17.5. The maximum absolute atomic E-state index is 9.80. The largest absolute Gasteiger partial charge is 0.488 e. The number of hydrogen-bond acceptors (Lipinski definition) is 7. The van der Waals surface area contributed by atoms with Crippen LogP contribution in [0.25, 0.3) is 0 Å². The van der Waals surface area contributed by atoms with Crippen LogP contribution in [0.1, 0.15) is 30.2 Å². The fourth-order valence-electron chi connectivity index (χ4n) is 4.56. The first-order valence-corrected chi connectivity index (χ1v) is 10.8. The lowest BCUT2D eigenvalue weighted by molar-refractivity contribution is 0.425. The molecule has 2 aromatic carbocycles. The van der Waals surface area contributed by atoms with Crippen molar-refractivity contribution in [1.82, 2.24) is 9.97 Å². The Labute approximate surface area is 182 Å². The average molecular weight is 415 g/mol. The van der Waals surface area contributed by atoms with Gasteiger partial charge in [0.25, 0.3) is 0 Å². The molecule has 0 bridgehead atoms. The van der Waals surface area contributed by atoms with E-state index in [0.29, 0.717) is 24.4 Å². The number of hydrogen-bond donors (Lipinski definition) is 4. The van der Waals surface area contributed by atoms with Crippen LogP contribution in [0.2, 0.25) is 0 Å². The molecule has 2 aliphatic heterocycles. The summed E-state index contributed by atoms with van der Waals surface area (Å²) in [5, 5.41) is 26.6. The fourth-order valence-corrected chi connectivity index (χ4v) is 4.56. The van der Waals surface area contributed by atoms with Gasteiger partial charge in [-0.1, -0.05) is 42.5 Å².